The van der Waals surface area contributed by atoms with Crippen LogP contribution in [0.5, 0.6) is 0 Å². The van der Waals surface area contributed by atoms with E-state index in [0.29, 0.717) is 0 Å². The average Bonchev–Trinajstić information content (AvgIpc) is 2.50. The van der Waals surface area contributed by atoms with Crippen molar-refractivity contribution in [3.8, 4) is 0 Å². The zero-order valence-corrected chi connectivity index (χ0v) is 13.8. The second kappa shape index (κ2) is 18.9. The van der Waals surface area contributed by atoms with Gasteiger partial charge in [-0.2, -0.15) is 0 Å². The van der Waals surface area contributed by atoms with E-state index in [0.717, 1.165) is 38.5 Å². The fraction of sp³-hybridized carbons (Fsp3) is 0.600. The van der Waals surface area contributed by atoms with Gasteiger partial charge in [0.2, 0.25) is 0 Å². The SMILES string of the molecule is CCCCCC=CCC=CCC=CCC=CCCCC[O]. The lowest BCUT2D eigenvalue weighted by molar-refractivity contribution is 0.187. The molecule has 1 heteroatoms. The van der Waals surface area contributed by atoms with Gasteiger partial charge in [0, 0.05) is 0 Å². The highest BCUT2D eigenvalue weighted by Gasteiger charge is 1.82. The van der Waals surface area contributed by atoms with Crippen LogP contribution in [0.15, 0.2) is 48.6 Å². The molecule has 0 spiro atoms. The van der Waals surface area contributed by atoms with Crippen molar-refractivity contribution >= 4 is 0 Å². The molecule has 0 bridgehead atoms. The summed E-state index contributed by atoms with van der Waals surface area (Å²) >= 11 is 0. The van der Waals surface area contributed by atoms with Crippen molar-refractivity contribution in [1.29, 1.82) is 0 Å². The molecule has 0 aromatic carbocycles. The second-order valence-electron chi connectivity index (χ2n) is 5.29. The topological polar surface area (TPSA) is 19.9 Å². The van der Waals surface area contributed by atoms with Crippen LogP contribution in [0.1, 0.15) is 71.1 Å². The molecule has 0 amide bonds. The van der Waals surface area contributed by atoms with Gasteiger partial charge in [-0.05, 0) is 51.4 Å². The third-order valence-corrected chi connectivity index (χ3v) is 3.22. The molecule has 0 aliphatic carbocycles. The molecular formula is C20H33O. The van der Waals surface area contributed by atoms with Gasteiger partial charge < -0.3 is 0 Å². The molecule has 0 fully saturated rings. The number of allylic oxidation sites excluding steroid dienone is 8. The van der Waals surface area contributed by atoms with Crippen molar-refractivity contribution in [2.24, 2.45) is 0 Å². The van der Waals surface area contributed by atoms with Crippen molar-refractivity contribution in [2.45, 2.75) is 71.1 Å². The van der Waals surface area contributed by atoms with Crippen molar-refractivity contribution in [1.82, 2.24) is 0 Å². The Kier molecular flexibility index (Phi) is 17.9. The molecule has 1 radical (unpaired) electrons. The summed E-state index contributed by atoms with van der Waals surface area (Å²) in [5.41, 5.74) is 0. The van der Waals surface area contributed by atoms with Crippen molar-refractivity contribution in [3.05, 3.63) is 48.6 Å². The van der Waals surface area contributed by atoms with Crippen LogP contribution in [0.2, 0.25) is 0 Å². The summed E-state index contributed by atoms with van der Waals surface area (Å²) in [6.07, 6.45) is 29.0. The minimum atomic E-state index is 0.0635. The predicted octanol–water partition coefficient (Wildman–Crippen LogP) is 6.56. The van der Waals surface area contributed by atoms with E-state index in [-0.39, 0.29) is 6.61 Å². The largest absolute Gasteiger partial charge is 0.237 e. The molecule has 0 saturated carbocycles. The maximum atomic E-state index is 10.2. The van der Waals surface area contributed by atoms with Crippen LogP contribution in [0.3, 0.4) is 0 Å². The Morgan fingerprint density at radius 2 is 1.00 bits per heavy atom. The van der Waals surface area contributed by atoms with Crippen LogP contribution >= 0.6 is 0 Å². The van der Waals surface area contributed by atoms with E-state index in [1.807, 2.05) is 0 Å². The lowest BCUT2D eigenvalue weighted by Crippen LogP contribution is -1.78. The molecule has 0 rings (SSSR count). The fourth-order valence-corrected chi connectivity index (χ4v) is 1.93. The third-order valence-electron chi connectivity index (χ3n) is 3.22. The minimum absolute atomic E-state index is 0.0635. The van der Waals surface area contributed by atoms with Gasteiger partial charge in [0.1, 0.15) is 0 Å². The van der Waals surface area contributed by atoms with Gasteiger partial charge in [-0.3, -0.25) is 0 Å². The summed E-state index contributed by atoms with van der Waals surface area (Å²) in [6, 6.07) is 0. The average molecular weight is 289 g/mol. The molecule has 1 nitrogen and oxygen atoms in total. The van der Waals surface area contributed by atoms with Gasteiger partial charge in [0.15, 0.2) is 0 Å². The van der Waals surface area contributed by atoms with E-state index < -0.39 is 0 Å². The van der Waals surface area contributed by atoms with E-state index in [1.165, 1.54) is 25.7 Å². The highest BCUT2D eigenvalue weighted by atomic mass is 16.2. The summed E-state index contributed by atoms with van der Waals surface area (Å²) in [5, 5.41) is 10.2. The van der Waals surface area contributed by atoms with Gasteiger partial charge in [-0.25, -0.2) is 5.11 Å². The molecule has 119 valence electrons. The van der Waals surface area contributed by atoms with Crippen molar-refractivity contribution in [3.63, 3.8) is 0 Å². The normalized spacial score (nSPS) is 12.7. The highest BCUT2D eigenvalue weighted by molar-refractivity contribution is 4.99. The molecule has 0 aliphatic rings. The summed E-state index contributed by atoms with van der Waals surface area (Å²) < 4.78 is 0. The molecular weight excluding hydrogens is 256 g/mol. The molecule has 0 heterocycles. The number of hydrogen-bond donors (Lipinski definition) is 0. The van der Waals surface area contributed by atoms with Crippen molar-refractivity contribution < 1.29 is 5.11 Å². The first-order chi connectivity index (χ1) is 10.4. The lowest BCUT2D eigenvalue weighted by atomic mass is 10.2. The zero-order valence-electron chi connectivity index (χ0n) is 13.8. The Bertz CT molecular complexity index is 267. The lowest BCUT2D eigenvalue weighted by Gasteiger charge is -1.90. The number of unbranched alkanes of at least 4 members (excludes halogenated alkanes) is 5. The van der Waals surface area contributed by atoms with Gasteiger partial charge in [-0.15, -0.1) is 0 Å². The fourth-order valence-electron chi connectivity index (χ4n) is 1.93. The molecule has 0 aromatic rings. The zero-order chi connectivity index (χ0) is 15.4. The molecule has 0 N–H and O–H groups in total. The van der Waals surface area contributed by atoms with Crippen LogP contribution < -0.4 is 0 Å². The van der Waals surface area contributed by atoms with E-state index in [9.17, 15) is 5.11 Å². The highest BCUT2D eigenvalue weighted by Crippen LogP contribution is 2.01. The summed E-state index contributed by atoms with van der Waals surface area (Å²) in [5.74, 6) is 0. The molecule has 21 heavy (non-hydrogen) atoms. The molecule has 0 aliphatic heterocycles. The van der Waals surface area contributed by atoms with Gasteiger partial charge in [0.05, 0.1) is 6.61 Å². The van der Waals surface area contributed by atoms with Crippen LogP contribution in [-0.4, -0.2) is 6.61 Å². The Hall–Kier alpha value is -1.08. The van der Waals surface area contributed by atoms with Crippen LogP contribution in [0.25, 0.3) is 0 Å². The quantitative estimate of drug-likeness (QED) is 0.255. The van der Waals surface area contributed by atoms with Gasteiger partial charge >= 0.3 is 0 Å². The van der Waals surface area contributed by atoms with E-state index in [2.05, 4.69) is 55.5 Å². The third kappa shape index (κ3) is 18.9. The second-order valence-corrected chi connectivity index (χ2v) is 5.29. The summed E-state index contributed by atoms with van der Waals surface area (Å²) in [7, 11) is 0. The van der Waals surface area contributed by atoms with E-state index in [4.69, 9.17) is 0 Å². The van der Waals surface area contributed by atoms with Gasteiger partial charge in [0.25, 0.3) is 0 Å². The number of rotatable bonds is 14. The van der Waals surface area contributed by atoms with Crippen molar-refractivity contribution in [2.75, 3.05) is 6.61 Å². The van der Waals surface area contributed by atoms with Gasteiger partial charge in [-0.1, -0.05) is 68.4 Å². The molecule has 0 saturated heterocycles. The standard InChI is InChI=1S/C20H33O/c1-2-3-4-5-6-7-8-9-10-11-12-13-14-15-16-17-18-19-20-21/h6-7,9-10,12-13,15-16H,2-5,8,11,14,17-20H2,1H3. The Morgan fingerprint density at radius 1 is 0.571 bits per heavy atom. The summed E-state index contributed by atoms with van der Waals surface area (Å²) in [6.45, 7) is 2.30. The minimum Gasteiger partial charge on any atom is -0.237 e. The molecule has 0 atom stereocenters. The maximum Gasteiger partial charge on any atom is 0.0822 e. The first kappa shape index (κ1) is 19.9. The maximum absolute atomic E-state index is 10.2. The Balaban J connectivity index is 3.35. The summed E-state index contributed by atoms with van der Waals surface area (Å²) in [4.78, 5) is 0. The number of hydrogen-bond acceptors (Lipinski definition) is 0. The Labute approximate surface area is 132 Å². The van der Waals surface area contributed by atoms with E-state index in [1.54, 1.807) is 0 Å². The smallest absolute Gasteiger partial charge is 0.0822 e. The predicted molar refractivity (Wildman–Crippen MR) is 94.0 cm³/mol. The monoisotopic (exact) mass is 289 g/mol. The van der Waals surface area contributed by atoms with Crippen LogP contribution in [0.4, 0.5) is 0 Å². The van der Waals surface area contributed by atoms with Crippen LogP contribution in [0, 0.1) is 0 Å². The first-order valence-corrected chi connectivity index (χ1v) is 8.60. The van der Waals surface area contributed by atoms with Crippen LogP contribution in [-0.2, 0) is 5.11 Å². The molecule has 0 unspecified atom stereocenters. The Morgan fingerprint density at radius 3 is 1.43 bits per heavy atom. The molecule has 0 aromatic heterocycles. The van der Waals surface area contributed by atoms with E-state index >= 15 is 0 Å². The first-order valence-electron chi connectivity index (χ1n) is 8.60.